The summed E-state index contributed by atoms with van der Waals surface area (Å²) in [6, 6.07) is 16.7. The van der Waals surface area contributed by atoms with Gasteiger partial charge >= 0.3 is 5.76 Å². The van der Waals surface area contributed by atoms with Crippen LogP contribution in [0.25, 0.3) is 11.1 Å². The lowest BCUT2D eigenvalue weighted by Crippen LogP contribution is -2.39. The van der Waals surface area contributed by atoms with Crippen LogP contribution in [0.2, 0.25) is 0 Å². The fourth-order valence-corrected chi connectivity index (χ4v) is 2.93. The van der Waals surface area contributed by atoms with Crippen molar-refractivity contribution in [1.29, 1.82) is 0 Å². The van der Waals surface area contributed by atoms with E-state index < -0.39 is 11.8 Å². The van der Waals surface area contributed by atoms with E-state index in [2.05, 4.69) is 17.4 Å². The molecule has 1 heterocycles. The molecule has 3 rings (SSSR count). The Bertz CT molecular complexity index is 911. The Morgan fingerprint density at radius 1 is 1.08 bits per heavy atom. The third-order valence-electron chi connectivity index (χ3n) is 4.38. The second-order valence-electron chi connectivity index (χ2n) is 6.32. The van der Waals surface area contributed by atoms with Crippen molar-refractivity contribution in [2.24, 2.45) is 0 Å². The molecule has 2 unspecified atom stereocenters. The van der Waals surface area contributed by atoms with Gasteiger partial charge in [-0.2, -0.15) is 0 Å². The van der Waals surface area contributed by atoms with Gasteiger partial charge in [0.1, 0.15) is 6.04 Å². The zero-order valence-corrected chi connectivity index (χ0v) is 14.4. The van der Waals surface area contributed by atoms with Crippen molar-refractivity contribution in [3.05, 3.63) is 70.7 Å². The molecule has 5 heteroatoms. The number of amides is 1. The van der Waals surface area contributed by atoms with E-state index >= 15 is 0 Å². The largest absolute Gasteiger partial charge is 0.420 e. The summed E-state index contributed by atoms with van der Waals surface area (Å²) in [6.45, 7) is 3.69. The third kappa shape index (κ3) is 3.82. The first-order valence-electron chi connectivity index (χ1n) is 8.50. The number of oxazole rings is 1. The molecule has 1 N–H and O–H groups in total. The summed E-state index contributed by atoms with van der Waals surface area (Å²) in [7, 11) is 0. The predicted molar refractivity (Wildman–Crippen MR) is 97.6 cm³/mol. The van der Waals surface area contributed by atoms with Gasteiger partial charge in [-0.1, -0.05) is 42.5 Å². The van der Waals surface area contributed by atoms with Gasteiger partial charge in [-0.3, -0.25) is 9.36 Å². The van der Waals surface area contributed by atoms with Gasteiger partial charge < -0.3 is 9.73 Å². The standard InChI is InChI=1S/C20H22N2O3/c1-14(12-13-16-8-4-3-5-9-16)21-19(23)15(2)22-17-10-6-7-11-18(17)25-20(22)24/h3-11,14-15H,12-13H2,1-2H3,(H,21,23). The van der Waals surface area contributed by atoms with Crippen LogP contribution in [-0.4, -0.2) is 16.5 Å². The van der Waals surface area contributed by atoms with Crippen molar-refractivity contribution in [2.45, 2.75) is 38.8 Å². The van der Waals surface area contributed by atoms with Crippen LogP contribution < -0.4 is 11.1 Å². The molecule has 1 aromatic heterocycles. The van der Waals surface area contributed by atoms with Gasteiger partial charge in [-0.15, -0.1) is 0 Å². The molecule has 25 heavy (non-hydrogen) atoms. The molecule has 3 aromatic rings. The minimum Gasteiger partial charge on any atom is -0.408 e. The van der Waals surface area contributed by atoms with Crippen molar-refractivity contribution < 1.29 is 9.21 Å². The van der Waals surface area contributed by atoms with Crippen LogP contribution in [0, 0.1) is 0 Å². The molecular formula is C20H22N2O3. The van der Waals surface area contributed by atoms with Crippen molar-refractivity contribution >= 4 is 17.0 Å². The number of carbonyl (C=O) groups excluding carboxylic acids is 1. The average molecular weight is 338 g/mol. The van der Waals surface area contributed by atoms with Gasteiger partial charge in [0.15, 0.2) is 5.58 Å². The Morgan fingerprint density at radius 3 is 2.52 bits per heavy atom. The molecule has 0 spiro atoms. The van der Waals surface area contributed by atoms with Crippen LogP contribution in [0.4, 0.5) is 0 Å². The van der Waals surface area contributed by atoms with E-state index in [9.17, 15) is 9.59 Å². The number of para-hydroxylation sites is 2. The fraction of sp³-hybridized carbons (Fsp3) is 0.300. The smallest absolute Gasteiger partial charge is 0.408 e. The summed E-state index contributed by atoms with van der Waals surface area (Å²) in [5.74, 6) is -0.699. The Hall–Kier alpha value is -2.82. The summed E-state index contributed by atoms with van der Waals surface area (Å²) in [5.41, 5.74) is 2.37. The van der Waals surface area contributed by atoms with E-state index in [0.29, 0.717) is 11.1 Å². The van der Waals surface area contributed by atoms with Crippen LogP contribution in [0.3, 0.4) is 0 Å². The van der Waals surface area contributed by atoms with E-state index in [4.69, 9.17) is 4.42 Å². The molecule has 0 fully saturated rings. The van der Waals surface area contributed by atoms with Gasteiger partial charge in [0.25, 0.3) is 0 Å². The van der Waals surface area contributed by atoms with E-state index in [1.54, 1.807) is 25.1 Å². The molecular weight excluding hydrogens is 316 g/mol. The summed E-state index contributed by atoms with van der Waals surface area (Å²) in [4.78, 5) is 24.6. The molecule has 2 aromatic carbocycles. The molecule has 0 aliphatic carbocycles. The van der Waals surface area contributed by atoms with E-state index in [-0.39, 0.29) is 11.9 Å². The predicted octanol–water partition coefficient (Wildman–Crippen LogP) is 3.29. The number of aromatic nitrogens is 1. The van der Waals surface area contributed by atoms with E-state index in [1.807, 2.05) is 31.2 Å². The number of benzene rings is 2. The minimum absolute atomic E-state index is 0.0176. The van der Waals surface area contributed by atoms with Crippen molar-refractivity contribution in [3.63, 3.8) is 0 Å². The van der Waals surface area contributed by atoms with Crippen LogP contribution in [-0.2, 0) is 11.2 Å². The Balaban J connectivity index is 1.66. The van der Waals surface area contributed by atoms with Gasteiger partial charge in [0, 0.05) is 6.04 Å². The lowest BCUT2D eigenvalue weighted by Gasteiger charge is -2.18. The maximum absolute atomic E-state index is 12.5. The lowest BCUT2D eigenvalue weighted by molar-refractivity contribution is -0.124. The molecule has 130 valence electrons. The van der Waals surface area contributed by atoms with Crippen molar-refractivity contribution in [2.75, 3.05) is 0 Å². The normalized spacial score (nSPS) is 13.5. The zero-order chi connectivity index (χ0) is 17.8. The second-order valence-corrected chi connectivity index (χ2v) is 6.32. The molecule has 0 aliphatic rings. The third-order valence-corrected chi connectivity index (χ3v) is 4.38. The number of aryl methyl sites for hydroxylation is 1. The number of nitrogens with one attached hydrogen (secondary N) is 1. The maximum Gasteiger partial charge on any atom is 0.420 e. The van der Waals surface area contributed by atoms with Crippen LogP contribution >= 0.6 is 0 Å². The zero-order valence-electron chi connectivity index (χ0n) is 14.4. The van der Waals surface area contributed by atoms with Crippen LogP contribution in [0.5, 0.6) is 0 Å². The number of hydrogen-bond donors (Lipinski definition) is 1. The first-order chi connectivity index (χ1) is 12.1. The molecule has 0 bridgehead atoms. The molecule has 0 saturated heterocycles. The Morgan fingerprint density at radius 2 is 1.76 bits per heavy atom. The number of rotatable bonds is 6. The SMILES string of the molecule is CC(CCc1ccccc1)NC(=O)C(C)n1c(=O)oc2ccccc21. The molecule has 2 atom stereocenters. The first kappa shape index (κ1) is 17.0. The highest BCUT2D eigenvalue weighted by molar-refractivity contribution is 5.83. The highest BCUT2D eigenvalue weighted by Gasteiger charge is 2.22. The van der Waals surface area contributed by atoms with Gasteiger partial charge in [-0.25, -0.2) is 4.79 Å². The van der Waals surface area contributed by atoms with E-state index in [0.717, 1.165) is 12.8 Å². The monoisotopic (exact) mass is 338 g/mol. The second kappa shape index (κ2) is 7.38. The molecule has 0 saturated carbocycles. The van der Waals surface area contributed by atoms with Crippen LogP contribution in [0.1, 0.15) is 31.9 Å². The highest BCUT2D eigenvalue weighted by atomic mass is 16.4. The van der Waals surface area contributed by atoms with Gasteiger partial charge in [0.05, 0.1) is 5.52 Å². The first-order valence-corrected chi connectivity index (χ1v) is 8.50. The minimum atomic E-state index is -0.629. The summed E-state index contributed by atoms with van der Waals surface area (Å²) >= 11 is 0. The average Bonchev–Trinajstić information content (AvgIpc) is 2.96. The van der Waals surface area contributed by atoms with Crippen molar-refractivity contribution in [1.82, 2.24) is 9.88 Å². The Labute approximate surface area is 146 Å². The number of nitrogens with zero attached hydrogens (tertiary/aromatic N) is 1. The molecule has 1 amide bonds. The van der Waals surface area contributed by atoms with Crippen LogP contribution in [0.15, 0.2) is 63.8 Å². The summed E-state index contributed by atoms with van der Waals surface area (Å²) in [5, 5.41) is 2.99. The van der Waals surface area contributed by atoms with Crippen molar-refractivity contribution in [3.8, 4) is 0 Å². The number of carbonyl (C=O) groups is 1. The number of fused-ring (bicyclic) bond motifs is 1. The fourth-order valence-electron chi connectivity index (χ4n) is 2.93. The van der Waals surface area contributed by atoms with E-state index in [1.165, 1.54) is 10.1 Å². The number of hydrogen-bond acceptors (Lipinski definition) is 3. The molecule has 5 nitrogen and oxygen atoms in total. The summed E-state index contributed by atoms with van der Waals surface area (Å²) < 4.78 is 6.61. The topological polar surface area (TPSA) is 64.2 Å². The molecule has 0 aliphatic heterocycles. The van der Waals surface area contributed by atoms with Gasteiger partial charge in [-0.05, 0) is 44.4 Å². The molecule has 0 radical (unpaired) electrons. The highest BCUT2D eigenvalue weighted by Crippen LogP contribution is 2.17. The lowest BCUT2D eigenvalue weighted by atomic mass is 10.1. The summed E-state index contributed by atoms with van der Waals surface area (Å²) in [6.07, 6.45) is 1.73. The Kier molecular flexibility index (Phi) is 5.03. The maximum atomic E-state index is 12.5. The quantitative estimate of drug-likeness (QED) is 0.750. The van der Waals surface area contributed by atoms with Gasteiger partial charge in [0.2, 0.25) is 5.91 Å².